The summed E-state index contributed by atoms with van der Waals surface area (Å²) in [4.78, 5) is 4.79. The lowest BCUT2D eigenvalue weighted by molar-refractivity contribution is 0.249. The van der Waals surface area contributed by atoms with E-state index in [9.17, 15) is 5.41 Å². The Morgan fingerprint density at radius 3 is 0.781 bits per heavy atom. The summed E-state index contributed by atoms with van der Waals surface area (Å²) in [5.74, 6) is 0.774. The Morgan fingerprint density at radius 2 is 0.625 bits per heavy atom. The molecule has 0 saturated heterocycles. The van der Waals surface area contributed by atoms with Crippen LogP contribution in [-0.2, 0) is 0 Å². The van der Waals surface area contributed by atoms with Crippen LogP contribution in [0.2, 0.25) is 0 Å². The highest BCUT2D eigenvalue weighted by Gasteiger charge is 2.21. The Bertz CT molecular complexity index is 422. The fourth-order valence-corrected chi connectivity index (χ4v) is 4.05. The Hall–Kier alpha value is -0.730. The van der Waals surface area contributed by atoms with Crippen LogP contribution in [0.5, 0.6) is 0 Å². The second-order valence-corrected chi connectivity index (χ2v) is 15.0. The van der Waals surface area contributed by atoms with Crippen molar-refractivity contribution in [3.05, 3.63) is 0 Å². The molecule has 3 nitrogen and oxygen atoms in total. The van der Waals surface area contributed by atoms with Crippen molar-refractivity contribution in [1.29, 1.82) is 5.41 Å². The van der Waals surface area contributed by atoms with E-state index in [1.807, 2.05) is 0 Å². The Morgan fingerprint density at radius 1 is 0.438 bits per heavy atom. The van der Waals surface area contributed by atoms with Crippen LogP contribution >= 0.6 is 0 Å². The molecule has 0 radical (unpaired) electrons. The van der Waals surface area contributed by atoms with E-state index in [-0.39, 0.29) is 0 Å². The van der Waals surface area contributed by atoms with Gasteiger partial charge in [-0.2, -0.15) is 0 Å². The predicted octanol–water partition coefficient (Wildman–Crippen LogP) is 8.83. The molecule has 0 bridgehead atoms. The number of hydrogen-bond acceptors (Lipinski definition) is 1. The number of nitrogens with one attached hydrogen (secondary N) is 1. The van der Waals surface area contributed by atoms with Crippen LogP contribution in [0.1, 0.15) is 134 Å². The molecule has 192 valence electrons. The maximum absolute atomic E-state index is 9.19. The smallest absolute Gasteiger partial charge is 0.193 e. The molecule has 0 aliphatic rings. The topological polar surface area (TPSA) is 30.3 Å². The zero-order valence-corrected chi connectivity index (χ0v) is 24.4. The van der Waals surface area contributed by atoms with E-state index in [2.05, 4.69) is 92.9 Å². The number of rotatable bonds is 12. The largest absolute Gasteiger partial charge is 0.343 e. The fraction of sp³-hybridized carbons (Fsp3) is 0.966. The molecule has 0 unspecified atom stereocenters. The molecule has 0 aromatic heterocycles. The molecule has 0 aliphatic carbocycles. The molecule has 32 heavy (non-hydrogen) atoms. The van der Waals surface area contributed by atoms with Gasteiger partial charge in [0.15, 0.2) is 5.96 Å². The second-order valence-electron chi connectivity index (χ2n) is 15.0. The fourth-order valence-electron chi connectivity index (χ4n) is 4.05. The average Bonchev–Trinajstić information content (AvgIpc) is 2.54. The van der Waals surface area contributed by atoms with Crippen LogP contribution in [0.25, 0.3) is 0 Å². The third-order valence-corrected chi connectivity index (χ3v) is 6.02. The summed E-state index contributed by atoms with van der Waals surface area (Å²) in [6.07, 6.45) is 9.51. The zero-order chi connectivity index (χ0) is 25.2. The summed E-state index contributed by atoms with van der Waals surface area (Å²) in [5.41, 5.74) is 1.44. The van der Waals surface area contributed by atoms with Crippen molar-refractivity contribution in [2.45, 2.75) is 134 Å². The van der Waals surface area contributed by atoms with Crippen LogP contribution in [0.4, 0.5) is 0 Å². The number of guanidine groups is 1. The summed E-state index contributed by atoms with van der Waals surface area (Å²) in [6, 6.07) is 0. The molecule has 0 aliphatic heterocycles. The van der Waals surface area contributed by atoms with E-state index < -0.39 is 0 Å². The number of hydrogen-bond donors (Lipinski definition) is 1. The highest BCUT2D eigenvalue weighted by Crippen LogP contribution is 2.25. The molecule has 0 spiro atoms. The first kappa shape index (κ1) is 31.3. The minimum absolute atomic E-state index is 0.359. The van der Waals surface area contributed by atoms with Gasteiger partial charge in [0.05, 0.1) is 0 Å². The molecule has 1 N–H and O–H groups in total. The summed E-state index contributed by atoms with van der Waals surface area (Å²) in [5, 5.41) is 9.19. The van der Waals surface area contributed by atoms with E-state index >= 15 is 0 Å². The monoisotopic (exact) mass is 451 g/mol. The maximum Gasteiger partial charge on any atom is 0.193 e. The first-order valence-corrected chi connectivity index (χ1v) is 13.4. The molecule has 0 atom stereocenters. The Labute approximate surface area is 203 Å². The Balaban J connectivity index is 5.25. The first-order chi connectivity index (χ1) is 14.3. The van der Waals surface area contributed by atoms with Crippen LogP contribution in [0, 0.1) is 27.1 Å². The molecule has 0 heterocycles. The highest BCUT2D eigenvalue weighted by atomic mass is 15.4. The molecule has 0 amide bonds. The van der Waals surface area contributed by atoms with E-state index in [1.54, 1.807) is 0 Å². The van der Waals surface area contributed by atoms with Gasteiger partial charge in [-0.25, -0.2) is 0 Å². The van der Waals surface area contributed by atoms with Gasteiger partial charge in [0, 0.05) is 26.2 Å². The average molecular weight is 452 g/mol. The van der Waals surface area contributed by atoms with E-state index in [1.165, 1.54) is 51.4 Å². The SMILES string of the molecule is CC(C)(C)CCCN(CCCC(C)(C)C)C(=N)N(CCCC(C)(C)C)CCCC(C)(C)C. The normalized spacial score (nSPS) is 13.4. The van der Waals surface area contributed by atoms with E-state index in [0.29, 0.717) is 21.7 Å². The minimum atomic E-state index is 0.359. The van der Waals surface area contributed by atoms with Crippen LogP contribution < -0.4 is 0 Å². The summed E-state index contributed by atoms with van der Waals surface area (Å²) in [7, 11) is 0. The summed E-state index contributed by atoms with van der Waals surface area (Å²) < 4.78 is 0. The van der Waals surface area contributed by atoms with Crippen molar-refractivity contribution in [2.24, 2.45) is 21.7 Å². The lowest BCUT2D eigenvalue weighted by atomic mass is 9.90. The van der Waals surface area contributed by atoms with Gasteiger partial charge in [-0.1, -0.05) is 83.1 Å². The molecular weight excluding hydrogens is 390 g/mol. The third kappa shape index (κ3) is 18.8. The van der Waals surface area contributed by atoms with Crippen LogP contribution in [0.15, 0.2) is 0 Å². The van der Waals surface area contributed by atoms with Crippen molar-refractivity contribution in [3.63, 3.8) is 0 Å². The molecule has 0 fully saturated rings. The molecule has 0 aromatic carbocycles. The van der Waals surface area contributed by atoms with E-state index in [4.69, 9.17) is 0 Å². The van der Waals surface area contributed by atoms with Crippen LogP contribution in [-0.4, -0.2) is 41.9 Å². The van der Waals surface area contributed by atoms with Gasteiger partial charge in [0.1, 0.15) is 0 Å². The summed E-state index contributed by atoms with van der Waals surface area (Å²) in [6.45, 7) is 32.0. The number of nitrogens with zero attached hydrogens (tertiary/aromatic N) is 2. The maximum atomic E-state index is 9.19. The van der Waals surface area contributed by atoms with Gasteiger partial charge >= 0.3 is 0 Å². The third-order valence-electron chi connectivity index (χ3n) is 6.02. The molecule has 0 saturated carbocycles. The highest BCUT2D eigenvalue weighted by molar-refractivity contribution is 5.76. The predicted molar refractivity (Wildman–Crippen MR) is 146 cm³/mol. The van der Waals surface area contributed by atoms with Crippen molar-refractivity contribution in [1.82, 2.24) is 9.80 Å². The Kier molecular flexibility index (Phi) is 12.9. The van der Waals surface area contributed by atoms with Crippen molar-refractivity contribution < 1.29 is 0 Å². The van der Waals surface area contributed by atoms with Gasteiger partial charge in [-0.15, -0.1) is 0 Å². The minimum Gasteiger partial charge on any atom is -0.343 e. The second kappa shape index (κ2) is 13.2. The molecule has 0 aromatic rings. The summed E-state index contributed by atoms with van der Waals surface area (Å²) >= 11 is 0. The van der Waals surface area contributed by atoms with Crippen molar-refractivity contribution in [2.75, 3.05) is 26.2 Å². The van der Waals surface area contributed by atoms with Crippen LogP contribution in [0.3, 0.4) is 0 Å². The van der Waals surface area contributed by atoms with Gasteiger partial charge in [-0.05, 0) is 73.0 Å². The standard InChI is InChI=1S/C29H61N3/c1-26(2,3)17-13-21-31(22-14-18-27(4,5)6)25(30)32(23-15-19-28(7,8)9)24-16-20-29(10,11)12/h30H,13-24H2,1-12H3. The lowest BCUT2D eigenvalue weighted by Gasteiger charge is -2.36. The molecular formula is C29H61N3. The van der Waals surface area contributed by atoms with Gasteiger partial charge in [0.25, 0.3) is 0 Å². The van der Waals surface area contributed by atoms with E-state index in [0.717, 1.165) is 32.1 Å². The quantitative estimate of drug-likeness (QED) is 0.237. The lowest BCUT2D eigenvalue weighted by Crippen LogP contribution is -2.46. The van der Waals surface area contributed by atoms with Gasteiger partial charge < -0.3 is 9.80 Å². The van der Waals surface area contributed by atoms with Crippen molar-refractivity contribution >= 4 is 5.96 Å². The zero-order valence-electron chi connectivity index (χ0n) is 24.4. The van der Waals surface area contributed by atoms with Crippen molar-refractivity contribution in [3.8, 4) is 0 Å². The first-order valence-electron chi connectivity index (χ1n) is 13.4. The van der Waals surface area contributed by atoms with Gasteiger partial charge in [0.2, 0.25) is 0 Å². The molecule has 0 rings (SSSR count). The van der Waals surface area contributed by atoms with Gasteiger partial charge in [-0.3, -0.25) is 5.41 Å². The molecule has 3 heteroatoms.